The van der Waals surface area contributed by atoms with Gasteiger partial charge < -0.3 is 9.80 Å². The highest BCUT2D eigenvalue weighted by Gasteiger charge is 2.34. The molecular weight excluding hydrogens is 411 g/mol. The zero-order valence-electron chi connectivity index (χ0n) is 19.3. The van der Waals surface area contributed by atoms with E-state index in [1.807, 2.05) is 0 Å². The molecule has 0 radical (unpaired) electrons. The van der Waals surface area contributed by atoms with E-state index in [0.717, 1.165) is 6.42 Å². The fraction of sp³-hybridized carbons (Fsp3) is 0.462. The summed E-state index contributed by atoms with van der Waals surface area (Å²) in [5, 5.41) is 1.21. The Bertz CT molecular complexity index is 918. The predicted molar refractivity (Wildman–Crippen MR) is 133 cm³/mol. The SMILES string of the molecule is CCc1cccc(C(C)C)c1N1CN(c2c(C(C)C)cccc2C(C)C)C(Cl)=C1Cl. The molecule has 0 amide bonds. The zero-order chi connectivity index (χ0) is 22.2. The van der Waals surface area contributed by atoms with Crippen molar-refractivity contribution in [3.05, 3.63) is 69.0 Å². The van der Waals surface area contributed by atoms with Crippen LogP contribution in [0.3, 0.4) is 0 Å². The van der Waals surface area contributed by atoms with Crippen LogP contribution in [0.4, 0.5) is 11.4 Å². The molecule has 3 rings (SSSR count). The van der Waals surface area contributed by atoms with E-state index in [-0.39, 0.29) is 0 Å². The third-order valence-corrected chi connectivity index (χ3v) is 6.83. The summed E-state index contributed by atoms with van der Waals surface area (Å²) in [6.07, 6.45) is 0.952. The van der Waals surface area contributed by atoms with Crippen LogP contribution in [0.1, 0.15) is 88.5 Å². The largest absolute Gasteiger partial charge is 0.310 e. The molecule has 0 spiro atoms. The van der Waals surface area contributed by atoms with E-state index in [4.69, 9.17) is 23.2 Å². The van der Waals surface area contributed by atoms with Gasteiger partial charge in [0, 0.05) is 0 Å². The number of anilines is 2. The van der Waals surface area contributed by atoms with E-state index >= 15 is 0 Å². The molecular formula is C26H34Cl2N2. The van der Waals surface area contributed by atoms with Gasteiger partial charge in [-0.15, -0.1) is 0 Å². The van der Waals surface area contributed by atoms with Crippen LogP contribution in [-0.4, -0.2) is 6.67 Å². The van der Waals surface area contributed by atoms with Crippen LogP contribution in [-0.2, 0) is 6.42 Å². The number of benzene rings is 2. The fourth-order valence-electron chi connectivity index (χ4n) is 4.34. The van der Waals surface area contributed by atoms with Gasteiger partial charge in [-0.1, -0.05) is 108 Å². The molecule has 2 aromatic carbocycles. The topological polar surface area (TPSA) is 6.48 Å². The molecule has 0 unspecified atom stereocenters. The van der Waals surface area contributed by atoms with Crippen LogP contribution in [0.2, 0.25) is 0 Å². The van der Waals surface area contributed by atoms with E-state index < -0.39 is 0 Å². The maximum Gasteiger partial charge on any atom is 0.146 e. The molecule has 0 saturated heterocycles. The molecule has 162 valence electrons. The van der Waals surface area contributed by atoms with Crippen molar-refractivity contribution < 1.29 is 0 Å². The molecule has 0 aromatic heterocycles. The first-order valence-electron chi connectivity index (χ1n) is 11.0. The van der Waals surface area contributed by atoms with E-state index in [2.05, 4.69) is 94.7 Å². The number of para-hydroxylation sites is 2. The summed E-state index contributed by atoms with van der Waals surface area (Å²) in [6.45, 7) is 16.2. The third-order valence-electron chi connectivity index (χ3n) is 5.96. The average molecular weight is 445 g/mol. The van der Waals surface area contributed by atoms with Gasteiger partial charge in [-0.3, -0.25) is 0 Å². The van der Waals surface area contributed by atoms with Crippen molar-refractivity contribution in [2.24, 2.45) is 0 Å². The van der Waals surface area contributed by atoms with Gasteiger partial charge in [-0.2, -0.15) is 0 Å². The van der Waals surface area contributed by atoms with Crippen LogP contribution >= 0.6 is 23.2 Å². The van der Waals surface area contributed by atoms with Crippen LogP contribution in [0.25, 0.3) is 0 Å². The first-order chi connectivity index (χ1) is 14.2. The lowest BCUT2D eigenvalue weighted by Gasteiger charge is -2.31. The Labute approximate surface area is 192 Å². The van der Waals surface area contributed by atoms with Crippen LogP contribution in [0.5, 0.6) is 0 Å². The van der Waals surface area contributed by atoms with Crippen molar-refractivity contribution >= 4 is 34.6 Å². The third kappa shape index (κ3) is 4.09. The van der Waals surface area contributed by atoms with Crippen molar-refractivity contribution in [1.82, 2.24) is 0 Å². The fourth-order valence-corrected chi connectivity index (χ4v) is 4.82. The average Bonchev–Trinajstić information content (AvgIpc) is 3.00. The van der Waals surface area contributed by atoms with E-state index in [1.165, 1.54) is 33.6 Å². The summed E-state index contributed by atoms with van der Waals surface area (Å²) < 4.78 is 0. The molecule has 0 aliphatic carbocycles. The second-order valence-corrected chi connectivity index (χ2v) is 9.75. The molecule has 4 heteroatoms. The maximum absolute atomic E-state index is 6.92. The Morgan fingerprint density at radius 3 is 1.53 bits per heavy atom. The first kappa shape index (κ1) is 23.0. The summed E-state index contributed by atoms with van der Waals surface area (Å²) in [5.74, 6) is 1.19. The summed E-state index contributed by atoms with van der Waals surface area (Å²) in [4.78, 5) is 4.39. The molecule has 30 heavy (non-hydrogen) atoms. The highest BCUT2D eigenvalue weighted by atomic mass is 35.5. The van der Waals surface area contributed by atoms with E-state index in [1.54, 1.807) is 0 Å². The summed E-state index contributed by atoms with van der Waals surface area (Å²) in [6, 6.07) is 13.1. The number of hydrogen-bond donors (Lipinski definition) is 0. The van der Waals surface area contributed by atoms with Crippen LogP contribution in [0, 0.1) is 0 Å². The first-order valence-corrected chi connectivity index (χ1v) is 11.8. The van der Waals surface area contributed by atoms with Gasteiger partial charge in [0.15, 0.2) is 0 Å². The number of hydrogen-bond acceptors (Lipinski definition) is 2. The second-order valence-electron chi connectivity index (χ2n) is 9.04. The zero-order valence-corrected chi connectivity index (χ0v) is 20.8. The minimum absolute atomic E-state index is 0.394. The normalized spacial score (nSPS) is 14.8. The number of aryl methyl sites for hydroxylation is 1. The minimum Gasteiger partial charge on any atom is -0.310 e. The van der Waals surface area contributed by atoms with E-state index in [9.17, 15) is 0 Å². The highest BCUT2D eigenvalue weighted by molar-refractivity contribution is 6.42. The van der Waals surface area contributed by atoms with Crippen molar-refractivity contribution in [1.29, 1.82) is 0 Å². The van der Waals surface area contributed by atoms with E-state index in [0.29, 0.717) is 34.7 Å². The quantitative estimate of drug-likeness (QED) is 0.411. The van der Waals surface area contributed by atoms with Crippen molar-refractivity contribution in [3.63, 3.8) is 0 Å². The second kappa shape index (κ2) is 9.24. The van der Waals surface area contributed by atoms with Gasteiger partial charge in [0.2, 0.25) is 0 Å². The molecule has 1 aliphatic heterocycles. The van der Waals surface area contributed by atoms with Gasteiger partial charge in [-0.05, 0) is 46.4 Å². The van der Waals surface area contributed by atoms with Gasteiger partial charge in [0.05, 0.1) is 11.4 Å². The lowest BCUT2D eigenvalue weighted by atomic mass is 9.92. The highest BCUT2D eigenvalue weighted by Crippen LogP contribution is 2.45. The molecule has 2 aromatic rings. The Balaban J connectivity index is 2.17. The predicted octanol–water partition coefficient (Wildman–Crippen LogP) is 8.51. The van der Waals surface area contributed by atoms with Crippen LogP contribution in [0.15, 0.2) is 46.7 Å². The lowest BCUT2D eigenvalue weighted by Crippen LogP contribution is -2.29. The van der Waals surface area contributed by atoms with Crippen LogP contribution < -0.4 is 9.80 Å². The monoisotopic (exact) mass is 444 g/mol. The Kier molecular flexibility index (Phi) is 7.09. The smallest absolute Gasteiger partial charge is 0.146 e. The summed E-state index contributed by atoms with van der Waals surface area (Å²) >= 11 is 13.8. The van der Waals surface area contributed by atoms with Gasteiger partial charge >= 0.3 is 0 Å². The Hall–Kier alpha value is -1.64. The molecule has 0 atom stereocenters. The van der Waals surface area contributed by atoms with Gasteiger partial charge in [0.1, 0.15) is 17.0 Å². The number of rotatable bonds is 6. The number of halogens is 2. The molecule has 1 heterocycles. The van der Waals surface area contributed by atoms with Gasteiger partial charge in [-0.25, -0.2) is 0 Å². The lowest BCUT2D eigenvalue weighted by molar-refractivity contribution is 0.810. The molecule has 0 bridgehead atoms. The summed E-state index contributed by atoms with van der Waals surface area (Å²) in [7, 11) is 0. The summed E-state index contributed by atoms with van der Waals surface area (Å²) in [5.41, 5.74) is 7.62. The van der Waals surface area contributed by atoms with Gasteiger partial charge in [0.25, 0.3) is 0 Å². The Morgan fingerprint density at radius 1 is 0.700 bits per heavy atom. The minimum atomic E-state index is 0.394. The molecule has 0 fully saturated rings. The van der Waals surface area contributed by atoms with Crippen molar-refractivity contribution in [2.75, 3.05) is 16.5 Å². The maximum atomic E-state index is 6.92. The number of nitrogens with zero attached hydrogens (tertiary/aromatic N) is 2. The van der Waals surface area contributed by atoms with Crippen molar-refractivity contribution in [2.45, 2.75) is 72.6 Å². The Morgan fingerprint density at radius 2 is 1.10 bits per heavy atom. The van der Waals surface area contributed by atoms with Crippen molar-refractivity contribution in [3.8, 4) is 0 Å². The molecule has 1 aliphatic rings. The molecule has 2 nitrogen and oxygen atoms in total. The standard InChI is InChI=1S/C26H34Cl2N2/c1-8-19-11-9-12-20(16(2)3)23(19)29-15-30(26(28)25(29)27)24-21(17(4)5)13-10-14-22(24)18(6)7/h9-14,16-18H,8,15H2,1-7H3. The molecule has 0 N–H and O–H groups in total. The molecule has 0 saturated carbocycles.